The summed E-state index contributed by atoms with van der Waals surface area (Å²) in [6.07, 6.45) is 0. The Bertz CT molecular complexity index is 572. The van der Waals surface area contributed by atoms with Crippen molar-refractivity contribution < 1.29 is 14.6 Å². The van der Waals surface area contributed by atoms with E-state index < -0.39 is 5.97 Å². The zero-order valence-corrected chi connectivity index (χ0v) is 11.1. The molecule has 2 aromatic rings. The van der Waals surface area contributed by atoms with Gasteiger partial charge in [0.2, 0.25) is 0 Å². The van der Waals surface area contributed by atoms with Crippen LogP contribution in [0.3, 0.4) is 0 Å². The minimum Gasteiger partial charge on any atom is -0.487 e. The van der Waals surface area contributed by atoms with Crippen LogP contribution in [0.2, 0.25) is 0 Å². The normalized spacial score (nSPS) is 10.3. The summed E-state index contributed by atoms with van der Waals surface area (Å²) in [5.74, 6) is -0.487. The van der Waals surface area contributed by atoms with Crippen molar-refractivity contribution in [3.8, 4) is 5.75 Å². The van der Waals surface area contributed by atoms with Crippen LogP contribution in [0.15, 0.2) is 30.3 Å². The molecule has 0 aliphatic rings. The highest BCUT2D eigenvalue weighted by molar-refractivity contribution is 7.14. The molecule has 0 spiro atoms. The summed E-state index contributed by atoms with van der Waals surface area (Å²) in [5, 5.41) is 9.05. The zero-order chi connectivity index (χ0) is 13.1. The first-order chi connectivity index (χ1) is 8.56. The van der Waals surface area contributed by atoms with E-state index >= 15 is 0 Å². The molecule has 3 nitrogen and oxygen atoms in total. The third-order valence-electron chi connectivity index (χ3n) is 2.49. The van der Waals surface area contributed by atoms with Crippen molar-refractivity contribution in [1.29, 1.82) is 0 Å². The smallest absolute Gasteiger partial charge is 0.349 e. The highest BCUT2D eigenvalue weighted by Crippen LogP contribution is 2.29. The Morgan fingerprint density at radius 2 is 2.11 bits per heavy atom. The van der Waals surface area contributed by atoms with Gasteiger partial charge in [-0.2, -0.15) is 0 Å². The molecule has 0 saturated heterocycles. The lowest BCUT2D eigenvalue weighted by atomic mass is 10.1. The van der Waals surface area contributed by atoms with Gasteiger partial charge in [-0.1, -0.05) is 29.8 Å². The van der Waals surface area contributed by atoms with Gasteiger partial charge in [0.1, 0.15) is 12.4 Å². The summed E-state index contributed by atoms with van der Waals surface area (Å²) < 4.78 is 5.59. The van der Waals surface area contributed by atoms with Gasteiger partial charge in [0.15, 0.2) is 4.88 Å². The lowest BCUT2D eigenvalue weighted by Gasteiger charge is -2.06. The van der Waals surface area contributed by atoms with E-state index in [4.69, 9.17) is 9.84 Å². The van der Waals surface area contributed by atoms with Gasteiger partial charge in [-0.05, 0) is 25.5 Å². The van der Waals surface area contributed by atoms with E-state index in [2.05, 4.69) is 0 Å². The van der Waals surface area contributed by atoms with E-state index in [-0.39, 0.29) is 4.88 Å². The summed E-state index contributed by atoms with van der Waals surface area (Å²) in [7, 11) is 0. The second-order valence-electron chi connectivity index (χ2n) is 4.13. The van der Waals surface area contributed by atoms with E-state index in [0.717, 1.165) is 16.0 Å². The molecular formula is C14H14O3S. The van der Waals surface area contributed by atoms with E-state index in [0.29, 0.717) is 12.4 Å². The molecule has 1 aromatic heterocycles. The van der Waals surface area contributed by atoms with Crippen LogP contribution in [0, 0.1) is 13.8 Å². The van der Waals surface area contributed by atoms with Crippen molar-refractivity contribution in [1.82, 2.24) is 0 Å². The van der Waals surface area contributed by atoms with Crippen LogP contribution in [0.5, 0.6) is 5.75 Å². The molecule has 0 atom stereocenters. The molecule has 0 aliphatic heterocycles. The van der Waals surface area contributed by atoms with Crippen LogP contribution < -0.4 is 4.74 Å². The Balaban J connectivity index is 2.13. The third-order valence-corrected chi connectivity index (χ3v) is 3.51. The fraction of sp³-hybridized carbons (Fsp3) is 0.214. The predicted molar refractivity (Wildman–Crippen MR) is 71.5 cm³/mol. The average Bonchev–Trinajstić information content (AvgIpc) is 2.68. The zero-order valence-electron chi connectivity index (χ0n) is 10.3. The largest absolute Gasteiger partial charge is 0.487 e. The summed E-state index contributed by atoms with van der Waals surface area (Å²) in [4.78, 5) is 12.2. The van der Waals surface area contributed by atoms with Crippen molar-refractivity contribution in [2.24, 2.45) is 0 Å². The quantitative estimate of drug-likeness (QED) is 0.915. The van der Waals surface area contributed by atoms with Crippen molar-refractivity contribution in [3.05, 3.63) is 51.2 Å². The van der Waals surface area contributed by atoms with Gasteiger partial charge in [-0.15, -0.1) is 11.3 Å². The summed E-state index contributed by atoms with van der Waals surface area (Å²) in [6, 6.07) is 9.74. The first-order valence-corrected chi connectivity index (χ1v) is 6.40. The molecule has 0 bridgehead atoms. The number of aryl methyl sites for hydroxylation is 2. The number of rotatable bonds is 4. The second-order valence-corrected chi connectivity index (χ2v) is 5.39. The third kappa shape index (κ3) is 2.90. The molecule has 4 heteroatoms. The molecule has 0 radical (unpaired) electrons. The molecule has 0 unspecified atom stereocenters. The summed E-state index contributed by atoms with van der Waals surface area (Å²) >= 11 is 1.24. The Hall–Kier alpha value is -1.81. The number of hydrogen-bond acceptors (Lipinski definition) is 3. The highest BCUT2D eigenvalue weighted by atomic mass is 32.1. The van der Waals surface area contributed by atoms with Crippen LogP contribution in [-0.2, 0) is 6.61 Å². The second kappa shape index (κ2) is 5.23. The Morgan fingerprint density at radius 3 is 2.78 bits per heavy atom. The summed E-state index contributed by atoms with van der Waals surface area (Å²) in [5.41, 5.74) is 2.20. The molecular weight excluding hydrogens is 248 g/mol. The van der Waals surface area contributed by atoms with Crippen LogP contribution in [0.4, 0.5) is 0 Å². The number of carbonyl (C=O) groups is 1. The minimum absolute atomic E-state index is 0.264. The predicted octanol–water partition coefficient (Wildman–Crippen LogP) is 3.64. The first-order valence-electron chi connectivity index (χ1n) is 5.58. The van der Waals surface area contributed by atoms with Crippen LogP contribution in [0.25, 0.3) is 0 Å². The molecule has 94 valence electrons. The van der Waals surface area contributed by atoms with Crippen LogP contribution in [-0.4, -0.2) is 11.1 Å². The molecule has 1 N–H and O–H groups in total. The van der Waals surface area contributed by atoms with Gasteiger partial charge in [0.05, 0.1) is 0 Å². The Morgan fingerprint density at radius 1 is 1.33 bits per heavy atom. The van der Waals surface area contributed by atoms with Gasteiger partial charge in [-0.3, -0.25) is 0 Å². The highest BCUT2D eigenvalue weighted by Gasteiger charge is 2.15. The Kier molecular flexibility index (Phi) is 3.67. The van der Waals surface area contributed by atoms with Gasteiger partial charge in [0.25, 0.3) is 0 Å². The number of aromatic carboxylic acids is 1. The molecule has 2 rings (SSSR count). The van der Waals surface area contributed by atoms with Crippen LogP contribution in [0.1, 0.15) is 25.7 Å². The number of thiophene rings is 1. The molecule has 1 heterocycles. The number of ether oxygens (including phenoxy) is 1. The molecule has 0 amide bonds. The van der Waals surface area contributed by atoms with Gasteiger partial charge < -0.3 is 9.84 Å². The van der Waals surface area contributed by atoms with E-state index in [1.165, 1.54) is 11.3 Å². The first kappa shape index (κ1) is 12.6. The topological polar surface area (TPSA) is 46.5 Å². The van der Waals surface area contributed by atoms with E-state index in [1.54, 1.807) is 6.07 Å². The number of hydrogen-bond donors (Lipinski definition) is 1. The average molecular weight is 262 g/mol. The fourth-order valence-corrected chi connectivity index (χ4v) is 2.50. The van der Waals surface area contributed by atoms with Gasteiger partial charge >= 0.3 is 5.97 Å². The maximum atomic E-state index is 11.0. The fourth-order valence-electron chi connectivity index (χ4n) is 1.71. The van der Waals surface area contributed by atoms with Crippen LogP contribution >= 0.6 is 11.3 Å². The van der Waals surface area contributed by atoms with Crippen molar-refractivity contribution >= 4 is 17.3 Å². The number of carboxylic acid groups (broad SMARTS) is 1. The molecule has 0 aliphatic carbocycles. The lowest BCUT2D eigenvalue weighted by molar-refractivity contribution is 0.0697. The molecule has 18 heavy (non-hydrogen) atoms. The van der Waals surface area contributed by atoms with Crippen molar-refractivity contribution in [2.45, 2.75) is 20.5 Å². The van der Waals surface area contributed by atoms with E-state index in [1.807, 2.05) is 38.1 Å². The molecule has 1 aromatic carbocycles. The monoisotopic (exact) mass is 262 g/mol. The van der Waals surface area contributed by atoms with Crippen molar-refractivity contribution in [2.75, 3.05) is 0 Å². The van der Waals surface area contributed by atoms with Crippen molar-refractivity contribution in [3.63, 3.8) is 0 Å². The maximum Gasteiger partial charge on any atom is 0.349 e. The minimum atomic E-state index is -0.938. The SMILES string of the molecule is Cc1cccc(COc2cc(C)sc2C(=O)O)c1. The standard InChI is InChI=1S/C14H14O3S/c1-9-4-3-5-11(6-9)8-17-12-7-10(2)18-13(12)14(15)16/h3-7H,8H2,1-2H3,(H,15,16). The summed E-state index contributed by atoms with van der Waals surface area (Å²) in [6.45, 7) is 4.27. The van der Waals surface area contributed by atoms with Gasteiger partial charge in [0, 0.05) is 4.88 Å². The van der Waals surface area contributed by atoms with E-state index in [9.17, 15) is 4.79 Å². The lowest BCUT2D eigenvalue weighted by Crippen LogP contribution is -2.00. The Labute approximate surface area is 110 Å². The number of benzene rings is 1. The maximum absolute atomic E-state index is 11.0. The molecule has 0 saturated carbocycles. The van der Waals surface area contributed by atoms with Gasteiger partial charge in [-0.25, -0.2) is 4.79 Å². The molecule has 0 fully saturated rings. The number of carboxylic acids is 1.